The van der Waals surface area contributed by atoms with Gasteiger partial charge < -0.3 is 0 Å². The third-order valence-corrected chi connectivity index (χ3v) is 4.71. The van der Waals surface area contributed by atoms with Gasteiger partial charge in [0, 0.05) is 5.02 Å². The molecule has 0 nitrogen and oxygen atoms in total. The summed E-state index contributed by atoms with van der Waals surface area (Å²) in [6, 6.07) is 19.2. The Bertz CT molecular complexity index is 803. The van der Waals surface area contributed by atoms with E-state index in [9.17, 15) is 4.39 Å². The second-order valence-corrected chi connectivity index (χ2v) is 7.20. The Morgan fingerprint density at radius 3 is 1.67 bits per heavy atom. The quantitative estimate of drug-likeness (QED) is 0.399. The highest BCUT2D eigenvalue weighted by Gasteiger charge is 1.94. The van der Waals surface area contributed by atoms with E-state index in [4.69, 9.17) is 11.6 Å². The van der Waals surface area contributed by atoms with Crippen molar-refractivity contribution in [1.82, 2.24) is 0 Å². The van der Waals surface area contributed by atoms with Crippen LogP contribution in [0.5, 0.6) is 0 Å². The summed E-state index contributed by atoms with van der Waals surface area (Å²) < 4.78 is 12.6. The summed E-state index contributed by atoms with van der Waals surface area (Å²) in [7, 11) is 0. The first kappa shape index (κ1) is 22.9. The van der Waals surface area contributed by atoms with Gasteiger partial charge in [0.1, 0.15) is 5.82 Å². The Kier molecular flexibility index (Phi) is 9.82. The number of aryl methyl sites for hydroxylation is 6. The van der Waals surface area contributed by atoms with Gasteiger partial charge in [-0.2, -0.15) is 0 Å². The van der Waals surface area contributed by atoms with Crippen LogP contribution in [0.15, 0.2) is 60.7 Å². The fraction of sp³-hybridized carbons (Fsp3) is 0.280. The normalized spacial score (nSPS) is 9.63. The van der Waals surface area contributed by atoms with Gasteiger partial charge in [0.25, 0.3) is 0 Å². The number of halogens is 2. The lowest BCUT2D eigenvalue weighted by Gasteiger charge is -1.98. The number of rotatable bonds is 1. The molecule has 0 radical (unpaired) electrons. The first-order valence-electron chi connectivity index (χ1n) is 9.24. The van der Waals surface area contributed by atoms with E-state index in [0.717, 1.165) is 17.0 Å². The fourth-order valence-electron chi connectivity index (χ4n) is 2.38. The number of hydrogen-bond donors (Lipinski definition) is 0. The lowest BCUT2D eigenvalue weighted by Crippen LogP contribution is -1.83. The molecular formula is C25H30ClF. The minimum Gasteiger partial charge on any atom is -0.207 e. The van der Waals surface area contributed by atoms with Crippen LogP contribution in [0.2, 0.25) is 5.02 Å². The third kappa shape index (κ3) is 8.41. The smallest absolute Gasteiger partial charge is 0.126 e. The Hall–Kier alpha value is -2.12. The molecule has 0 aliphatic heterocycles. The SMILES string of the molecule is CCc1ccccc1F.Cc1ccc(C)c(C)c1.Cc1ccc(Cl)cc1C. The van der Waals surface area contributed by atoms with Gasteiger partial charge in [-0.3, -0.25) is 0 Å². The summed E-state index contributed by atoms with van der Waals surface area (Å²) in [6.45, 7) is 12.5. The molecular weight excluding hydrogens is 355 g/mol. The molecule has 0 aromatic heterocycles. The van der Waals surface area contributed by atoms with Crippen molar-refractivity contribution in [1.29, 1.82) is 0 Å². The van der Waals surface area contributed by atoms with Crippen LogP contribution in [-0.4, -0.2) is 0 Å². The van der Waals surface area contributed by atoms with E-state index in [1.54, 1.807) is 12.1 Å². The van der Waals surface area contributed by atoms with Crippen molar-refractivity contribution in [2.75, 3.05) is 0 Å². The summed E-state index contributed by atoms with van der Waals surface area (Å²) in [4.78, 5) is 0. The zero-order valence-electron chi connectivity index (χ0n) is 17.2. The average Bonchev–Trinajstić information content (AvgIpc) is 2.63. The van der Waals surface area contributed by atoms with Gasteiger partial charge >= 0.3 is 0 Å². The monoisotopic (exact) mass is 384 g/mol. The minimum atomic E-state index is -0.0972. The van der Waals surface area contributed by atoms with E-state index in [-0.39, 0.29) is 5.82 Å². The Morgan fingerprint density at radius 1 is 0.704 bits per heavy atom. The molecule has 0 N–H and O–H groups in total. The van der Waals surface area contributed by atoms with Gasteiger partial charge in [0.2, 0.25) is 0 Å². The lowest BCUT2D eigenvalue weighted by atomic mass is 10.1. The zero-order valence-corrected chi connectivity index (χ0v) is 18.0. The van der Waals surface area contributed by atoms with Crippen LogP contribution in [0, 0.1) is 40.4 Å². The van der Waals surface area contributed by atoms with Gasteiger partial charge in [-0.05, 0) is 87.1 Å². The first-order valence-corrected chi connectivity index (χ1v) is 9.62. The van der Waals surface area contributed by atoms with Crippen LogP contribution in [0.1, 0.15) is 40.3 Å². The molecule has 0 aliphatic rings. The average molecular weight is 385 g/mol. The molecule has 0 atom stereocenters. The molecule has 3 aromatic carbocycles. The van der Waals surface area contributed by atoms with Gasteiger partial charge in [-0.15, -0.1) is 0 Å². The Balaban J connectivity index is 0.000000202. The van der Waals surface area contributed by atoms with Crippen molar-refractivity contribution in [2.24, 2.45) is 0 Å². The number of benzene rings is 3. The Morgan fingerprint density at radius 2 is 1.26 bits per heavy atom. The van der Waals surface area contributed by atoms with Crippen molar-refractivity contribution in [2.45, 2.75) is 48.0 Å². The number of hydrogen-bond acceptors (Lipinski definition) is 0. The summed E-state index contributed by atoms with van der Waals surface area (Å²) >= 11 is 5.72. The van der Waals surface area contributed by atoms with Crippen LogP contribution < -0.4 is 0 Å². The first-order chi connectivity index (χ1) is 12.7. The minimum absolute atomic E-state index is 0.0972. The molecule has 0 bridgehead atoms. The zero-order chi connectivity index (χ0) is 20.4. The van der Waals surface area contributed by atoms with Gasteiger partial charge in [-0.1, -0.05) is 66.6 Å². The molecule has 3 aromatic rings. The molecule has 0 aliphatic carbocycles. The van der Waals surface area contributed by atoms with E-state index in [1.807, 2.05) is 31.2 Å². The summed E-state index contributed by atoms with van der Waals surface area (Å²) in [5, 5.41) is 0.818. The molecule has 0 heterocycles. The third-order valence-electron chi connectivity index (χ3n) is 4.47. The molecule has 2 heteroatoms. The van der Waals surface area contributed by atoms with E-state index in [0.29, 0.717) is 0 Å². The molecule has 0 saturated heterocycles. The van der Waals surface area contributed by atoms with Crippen LogP contribution in [0.3, 0.4) is 0 Å². The Labute approximate surface area is 169 Å². The van der Waals surface area contributed by atoms with Crippen LogP contribution in [0.4, 0.5) is 4.39 Å². The largest absolute Gasteiger partial charge is 0.207 e. The van der Waals surface area contributed by atoms with Crippen molar-refractivity contribution < 1.29 is 4.39 Å². The molecule has 0 spiro atoms. The molecule has 0 unspecified atom stereocenters. The van der Waals surface area contributed by atoms with Crippen molar-refractivity contribution in [3.05, 3.63) is 105 Å². The predicted octanol–water partition coefficient (Wildman–Crippen LogP) is 7.96. The predicted molar refractivity (Wildman–Crippen MR) is 117 cm³/mol. The second kappa shape index (κ2) is 11.6. The maximum absolute atomic E-state index is 12.6. The highest BCUT2D eigenvalue weighted by Crippen LogP contribution is 2.13. The highest BCUT2D eigenvalue weighted by atomic mass is 35.5. The summed E-state index contributed by atoms with van der Waals surface area (Å²) in [6.07, 6.45) is 0.771. The van der Waals surface area contributed by atoms with E-state index in [2.05, 4.69) is 52.8 Å². The van der Waals surface area contributed by atoms with E-state index in [1.165, 1.54) is 33.9 Å². The lowest BCUT2D eigenvalue weighted by molar-refractivity contribution is 0.612. The molecule has 0 saturated carbocycles. The van der Waals surface area contributed by atoms with Crippen LogP contribution in [-0.2, 0) is 6.42 Å². The van der Waals surface area contributed by atoms with E-state index < -0.39 is 0 Å². The second-order valence-electron chi connectivity index (χ2n) is 6.76. The van der Waals surface area contributed by atoms with Gasteiger partial charge in [0.15, 0.2) is 0 Å². The van der Waals surface area contributed by atoms with Gasteiger partial charge in [-0.25, -0.2) is 4.39 Å². The van der Waals surface area contributed by atoms with E-state index >= 15 is 0 Å². The summed E-state index contributed by atoms with van der Waals surface area (Å²) in [5.74, 6) is -0.0972. The van der Waals surface area contributed by atoms with Crippen molar-refractivity contribution in [3.8, 4) is 0 Å². The summed E-state index contributed by atoms with van der Waals surface area (Å²) in [5.41, 5.74) is 7.44. The molecule has 0 fully saturated rings. The molecule has 0 amide bonds. The van der Waals surface area contributed by atoms with Crippen LogP contribution in [0.25, 0.3) is 0 Å². The fourth-order valence-corrected chi connectivity index (χ4v) is 2.61. The maximum Gasteiger partial charge on any atom is 0.126 e. The topological polar surface area (TPSA) is 0 Å². The maximum atomic E-state index is 12.6. The standard InChI is InChI=1S/C9H12.C8H9Cl.C8H9F/c1-7-4-5-8(2)9(3)6-7;1-6-3-4-8(9)5-7(6)2;1-2-7-5-3-4-6-8(7)9/h4-6H,1-3H3;3-5H,1-2H3;3-6H,2H2,1H3. The molecule has 3 rings (SSSR count). The molecule has 144 valence electrons. The molecule has 27 heavy (non-hydrogen) atoms. The van der Waals surface area contributed by atoms with Crippen molar-refractivity contribution >= 4 is 11.6 Å². The highest BCUT2D eigenvalue weighted by molar-refractivity contribution is 6.30. The van der Waals surface area contributed by atoms with Crippen molar-refractivity contribution in [3.63, 3.8) is 0 Å². The van der Waals surface area contributed by atoms with Crippen LogP contribution >= 0.6 is 11.6 Å². The van der Waals surface area contributed by atoms with Gasteiger partial charge in [0.05, 0.1) is 0 Å².